The Morgan fingerprint density at radius 3 is 2.85 bits per heavy atom. The van der Waals surface area contributed by atoms with Crippen LogP contribution in [0.1, 0.15) is 22.2 Å². The molecule has 1 aromatic heterocycles. The molecule has 2 heterocycles. The molecule has 27 heavy (non-hydrogen) atoms. The number of benzene rings is 2. The van der Waals surface area contributed by atoms with Gasteiger partial charge in [0.1, 0.15) is 23.4 Å². The third kappa shape index (κ3) is 3.54. The maximum atomic E-state index is 13.2. The number of methoxy groups -OCH3 is 1. The summed E-state index contributed by atoms with van der Waals surface area (Å²) in [6.45, 7) is 1.03. The molecule has 1 atom stereocenters. The van der Waals surface area contributed by atoms with Crippen LogP contribution in [0, 0.1) is 5.82 Å². The van der Waals surface area contributed by atoms with Crippen molar-refractivity contribution in [2.24, 2.45) is 0 Å². The van der Waals surface area contributed by atoms with Crippen LogP contribution >= 0.6 is 0 Å². The SMILES string of the molecule is COc1cccc(CNC2CNC(=O)c3cc(-c4ccc(F)cc4)nn32)c1. The monoisotopic (exact) mass is 366 g/mol. The van der Waals surface area contributed by atoms with Crippen LogP contribution in [-0.2, 0) is 6.54 Å². The maximum absolute atomic E-state index is 13.2. The van der Waals surface area contributed by atoms with Crippen LogP contribution in [0.15, 0.2) is 54.6 Å². The van der Waals surface area contributed by atoms with Crippen LogP contribution in [0.4, 0.5) is 4.39 Å². The molecular formula is C20H19FN4O2. The van der Waals surface area contributed by atoms with Gasteiger partial charge in [0.2, 0.25) is 0 Å². The predicted molar refractivity (Wildman–Crippen MR) is 98.8 cm³/mol. The largest absolute Gasteiger partial charge is 0.497 e. The van der Waals surface area contributed by atoms with Gasteiger partial charge in [0.05, 0.1) is 19.3 Å². The van der Waals surface area contributed by atoms with Crippen LogP contribution in [0.2, 0.25) is 0 Å². The van der Waals surface area contributed by atoms with Crippen molar-refractivity contribution in [1.29, 1.82) is 0 Å². The van der Waals surface area contributed by atoms with Crippen molar-refractivity contribution in [1.82, 2.24) is 20.4 Å². The van der Waals surface area contributed by atoms with E-state index in [0.29, 0.717) is 24.5 Å². The van der Waals surface area contributed by atoms with Crippen molar-refractivity contribution in [3.05, 3.63) is 71.7 Å². The summed E-state index contributed by atoms with van der Waals surface area (Å²) in [5.74, 6) is 0.318. The zero-order chi connectivity index (χ0) is 18.8. The summed E-state index contributed by atoms with van der Waals surface area (Å²) in [7, 11) is 1.64. The lowest BCUT2D eigenvalue weighted by atomic mass is 10.1. The number of rotatable bonds is 5. The first kappa shape index (κ1) is 17.2. The minimum Gasteiger partial charge on any atom is -0.497 e. The van der Waals surface area contributed by atoms with E-state index in [1.54, 1.807) is 30.0 Å². The second kappa shape index (κ2) is 7.20. The van der Waals surface area contributed by atoms with E-state index < -0.39 is 0 Å². The third-order valence-electron chi connectivity index (χ3n) is 4.54. The Kier molecular flexibility index (Phi) is 4.60. The number of hydrogen-bond donors (Lipinski definition) is 2. The van der Waals surface area contributed by atoms with Gasteiger partial charge in [-0.15, -0.1) is 0 Å². The molecule has 0 spiro atoms. The van der Waals surface area contributed by atoms with Crippen LogP contribution < -0.4 is 15.4 Å². The highest BCUT2D eigenvalue weighted by Crippen LogP contribution is 2.23. The molecular weight excluding hydrogens is 347 g/mol. The van der Waals surface area contributed by atoms with Gasteiger partial charge in [0.15, 0.2) is 0 Å². The molecule has 1 aliphatic rings. The summed E-state index contributed by atoms with van der Waals surface area (Å²) in [5.41, 5.74) is 2.94. The summed E-state index contributed by atoms with van der Waals surface area (Å²) in [6.07, 6.45) is -0.182. The normalized spacial score (nSPS) is 15.9. The number of amides is 1. The third-order valence-corrected chi connectivity index (χ3v) is 4.54. The Labute approximate surface area is 156 Å². The Morgan fingerprint density at radius 1 is 1.26 bits per heavy atom. The highest BCUT2D eigenvalue weighted by atomic mass is 19.1. The van der Waals surface area contributed by atoms with Crippen LogP contribution in [0.5, 0.6) is 5.75 Å². The van der Waals surface area contributed by atoms with Gasteiger partial charge in [0.25, 0.3) is 5.91 Å². The minimum absolute atomic E-state index is 0.171. The number of carbonyl (C=O) groups is 1. The first-order valence-corrected chi connectivity index (χ1v) is 8.64. The zero-order valence-electron chi connectivity index (χ0n) is 14.8. The fraction of sp³-hybridized carbons (Fsp3) is 0.200. The molecule has 0 saturated carbocycles. The van der Waals surface area contributed by atoms with Crippen molar-refractivity contribution >= 4 is 5.91 Å². The quantitative estimate of drug-likeness (QED) is 0.729. The molecule has 0 fully saturated rings. The number of nitrogens with zero attached hydrogens (tertiary/aromatic N) is 2. The standard InChI is InChI=1S/C20H19FN4O2/c1-27-16-4-2-3-13(9-16)11-22-19-12-23-20(26)18-10-17(24-25(18)19)14-5-7-15(21)8-6-14/h2-10,19,22H,11-12H2,1H3,(H,23,26). The number of ether oxygens (including phenoxy) is 1. The van der Waals surface area contributed by atoms with E-state index in [0.717, 1.165) is 16.9 Å². The molecule has 1 aliphatic heterocycles. The molecule has 3 aromatic rings. The molecule has 7 heteroatoms. The van der Waals surface area contributed by atoms with Gasteiger partial charge in [-0.1, -0.05) is 12.1 Å². The van der Waals surface area contributed by atoms with Crippen LogP contribution in [0.3, 0.4) is 0 Å². The molecule has 0 radical (unpaired) electrons. The number of aromatic nitrogens is 2. The lowest BCUT2D eigenvalue weighted by Gasteiger charge is -2.25. The molecule has 2 aromatic carbocycles. The number of halogens is 1. The highest BCUT2D eigenvalue weighted by molar-refractivity contribution is 5.94. The van der Waals surface area contributed by atoms with Gasteiger partial charge in [-0.3, -0.25) is 10.1 Å². The van der Waals surface area contributed by atoms with E-state index >= 15 is 0 Å². The van der Waals surface area contributed by atoms with Gasteiger partial charge in [-0.05, 0) is 48.0 Å². The van der Waals surface area contributed by atoms with E-state index in [-0.39, 0.29) is 17.9 Å². The van der Waals surface area contributed by atoms with Crippen molar-refractivity contribution < 1.29 is 13.9 Å². The van der Waals surface area contributed by atoms with E-state index in [2.05, 4.69) is 15.7 Å². The summed E-state index contributed by atoms with van der Waals surface area (Å²) in [4.78, 5) is 12.2. The Hall–Kier alpha value is -3.19. The van der Waals surface area contributed by atoms with Gasteiger partial charge in [-0.25, -0.2) is 9.07 Å². The van der Waals surface area contributed by atoms with Crippen LogP contribution in [0.25, 0.3) is 11.3 Å². The molecule has 138 valence electrons. The molecule has 1 amide bonds. The number of carbonyl (C=O) groups excluding carboxylic acids is 1. The second-order valence-electron chi connectivity index (χ2n) is 6.32. The van der Waals surface area contributed by atoms with E-state index in [4.69, 9.17) is 4.74 Å². The lowest BCUT2D eigenvalue weighted by molar-refractivity contribution is 0.0900. The van der Waals surface area contributed by atoms with Crippen molar-refractivity contribution in [2.75, 3.05) is 13.7 Å². The average Bonchev–Trinajstić information content (AvgIpc) is 3.15. The Balaban J connectivity index is 1.57. The molecule has 2 N–H and O–H groups in total. The number of fused-ring (bicyclic) bond motifs is 1. The number of hydrogen-bond acceptors (Lipinski definition) is 4. The van der Waals surface area contributed by atoms with Crippen molar-refractivity contribution in [3.8, 4) is 17.0 Å². The molecule has 0 aliphatic carbocycles. The fourth-order valence-corrected chi connectivity index (χ4v) is 3.11. The Bertz CT molecular complexity index is 968. The van der Waals surface area contributed by atoms with Crippen molar-refractivity contribution in [3.63, 3.8) is 0 Å². The minimum atomic E-state index is -0.307. The first-order chi connectivity index (χ1) is 13.1. The summed E-state index contributed by atoms with van der Waals surface area (Å²) >= 11 is 0. The molecule has 0 bridgehead atoms. The average molecular weight is 366 g/mol. The highest BCUT2D eigenvalue weighted by Gasteiger charge is 2.27. The van der Waals surface area contributed by atoms with Gasteiger partial charge < -0.3 is 10.1 Å². The topological polar surface area (TPSA) is 68.2 Å². The smallest absolute Gasteiger partial charge is 0.269 e. The van der Waals surface area contributed by atoms with Crippen molar-refractivity contribution in [2.45, 2.75) is 12.7 Å². The summed E-state index contributed by atoms with van der Waals surface area (Å²) in [6, 6.07) is 15.6. The fourth-order valence-electron chi connectivity index (χ4n) is 3.11. The molecule has 6 nitrogen and oxygen atoms in total. The van der Waals surface area contributed by atoms with Gasteiger partial charge in [-0.2, -0.15) is 5.10 Å². The molecule has 0 saturated heterocycles. The maximum Gasteiger partial charge on any atom is 0.269 e. The zero-order valence-corrected chi connectivity index (χ0v) is 14.8. The van der Waals surface area contributed by atoms with Crippen LogP contribution in [-0.4, -0.2) is 29.3 Å². The van der Waals surface area contributed by atoms with E-state index in [1.165, 1.54) is 12.1 Å². The summed E-state index contributed by atoms with van der Waals surface area (Å²) in [5, 5.41) is 10.9. The van der Waals surface area contributed by atoms with Gasteiger partial charge >= 0.3 is 0 Å². The Morgan fingerprint density at radius 2 is 2.07 bits per heavy atom. The second-order valence-corrected chi connectivity index (χ2v) is 6.32. The lowest BCUT2D eigenvalue weighted by Crippen LogP contribution is -2.45. The van der Waals surface area contributed by atoms with E-state index in [1.807, 2.05) is 24.3 Å². The molecule has 1 unspecified atom stereocenters. The number of nitrogens with one attached hydrogen (secondary N) is 2. The van der Waals surface area contributed by atoms with E-state index in [9.17, 15) is 9.18 Å². The summed E-state index contributed by atoms with van der Waals surface area (Å²) < 4.78 is 20.1. The first-order valence-electron chi connectivity index (χ1n) is 8.64. The van der Waals surface area contributed by atoms with Gasteiger partial charge in [0, 0.05) is 12.1 Å². The predicted octanol–water partition coefficient (Wildman–Crippen LogP) is 2.73. The molecule has 4 rings (SSSR count).